The van der Waals surface area contributed by atoms with E-state index in [0.717, 1.165) is 32.5 Å². The Labute approximate surface area is 123 Å². The van der Waals surface area contributed by atoms with Crippen molar-refractivity contribution in [1.29, 1.82) is 0 Å². The maximum atomic E-state index is 5.60. The third-order valence-corrected chi connectivity index (χ3v) is 3.15. The lowest BCUT2D eigenvalue weighted by molar-refractivity contribution is 0.0397. The van der Waals surface area contributed by atoms with Crippen LogP contribution < -0.4 is 5.32 Å². The minimum Gasteiger partial charge on any atom is -0.379 e. The fourth-order valence-corrected chi connectivity index (χ4v) is 1.87. The van der Waals surface area contributed by atoms with Crippen LogP contribution >= 0.6 is 0 Å². The van der Waals surface area contributed by atoms with Gasteiger partial charge in [-0.15, -0.1) is 0 Å². The third kappa shape index (κ3) is 8.31. The molecule has 0 aliphatic heterocycles. The number of rotatable bonds is 12. The molecule has 20 heavy (non-hydrogen) atoms. The molecule has 0 aliphatic carbocycles. The Kier molecular flexibility index (Phi) is 10.2. The van der Waals surface area contributed by atoms with Crippen LogP contribution in [0.3, 0.4) is 0 Å². The molecule has 0 saturated heterocycles. The molecule has 1 rings (SSSR count). The normalized spacial score (nSPS) is 10.9. The number of unbranched alkanes of at least 4 members (excludes halogenated alkanes) is 1. The van der Waals surface area contributed by atoms with Crippen molar-refractivity contribution < 1.29 is 9.47 Å². The van der Waals surface area contributed by atoms with Gasteiger partial charge in [0.2, 0.25) is 0 Å². The minimum atomic E-state index is 0.671. The van der Waals surface area contributed by atoms with Gasteiger partial charge in [0.1, 0.15) is 0 Å². The Morgan fingerprint density at radius 3 is 2.30 bits per heavy atom. The van der Waals surface area contributed by atoms with E-state index >= 15 is 0 Å². The van der Waals surface area contributed by atoms with E-state index < -0.39 is 0 Å². The van der Waals surface area contributed by atoms with Crippen LogP contribution in [-0.4, -0.2) is 32.9 Å². The van der Waals surface area contributed by atoms with Crippen molar-refractivity contribution >= 4 is 0 Å². The van der Waals surface area contributed by atoms with Crippen molar-refractivity contribution in [3.8, 4) is 0 Å². The fraction of sp³-hybridized carbons (Fsp3) is 0.647. The van der Waals surface area contributed by atoms with Crippen molar-refractivity contribution in [2.75, 3.05) is 32.9 Å². The summed E-state index contributed by atoms with van der Waals surface area (Å²) in [6.07, 6.45) is 3.40. The molecule has 114 valence electrons. The summed E-state index contributed by atoms with van der Waals surface area (Å²) in [7, 11) is 0. The van der Waals surface area contributed by atoms with E-state index in [0.29, 0.717) is 19.8 Å². The maximum Gasteiger partial charge on any atom is 0.0718 e. The summed E-state index contributed by atoms with van der Waals surface area (Å²) >= 11 is 0. The van der Waals surface area contributed by atoms with Crippen molar-refractivity contribution in [2.45, 2.75) is 39.7 Å². The van der Waals surface area contributed by atoms with Gasteiger partial charge in [0.25, 0.3) is 0 Å². The van der Waals surface area contributed by atoms with Crippen LogP contribution in [0.2, 0.25) is 0 Å². The zero-order valence-electron chi connectivity index (χ0n) is 13.0. The molecular formula is C17H29NO2. The molecule has 0 heterocycles. The lowest BCUT2D eigenvalue weighted by Crippen LogP contribution is -2.15. The number of hydrogen-bond acceptors (Lipinski definition) is 3. The Morgan fingerprint density at radius 1 is 0.900 bits per heavy atom. The van der Waals surface area contributed by atoms with E-state index in [-0.39, 0.29) is 0 Å². The first-order chi connectivity index (χ1) is 9.86. The van der Waals surface area contributed by atoms with Crippen LogP contribution in [0.1, 0.15) is 37.8 Å². The van der Waals surface area contributed by atoms with Crippen LogP contribution in [-0.2, 0) is 22.5 Å². The molecule has 0 amide bonds. The summed E-state index contributed by atoms with van der Waals surface area (Å²) in [5.41, 5.74) is 2.60. The number of benzene rings is 1. The van der Waals surface area contributed by atoms with Crippen molar-refractivity contribution in [2.24, 2.45) is 0 Å². The standard InChI is InChI=1S/C17H29NO2/c1-3-5-12-19-13-14-20-15-17-8-6-16(7-9-17)10-11-18-4-2/h6-9,18H,3-5,10-15H2,1-2H3. The van der Waals surface area contributed by atoms with E-state index in [1.807, 2.05) is 0 Å². The molecule has 0 atom stereocenters. The van der Waals surface area contributed by atoms with Crippen LogP contribution in [0.25, 0.3) is 0 Å². The monoisotopic (exact) mass is 279 g/mol. The number of nitrogens with one attached hydrogen (secondary N) is 1. The van der Waals surface area contributed by atoms with Crippen LogP contribution in [0, 0.1) is 0 Å². The average molecular weight is 279 g/mol. The molecule has 0 aliphatic rings. The first-order valence-corrected chi connectivity index (χ1v) is 7.80. The molecule has 1 N–H and O–H groups in total. The molecule has 3 heteroatoms. The predicted octanol–water partition coefficient (Wildman–Crippen LogP) is 3.17. The zero-order valence-corrected chi connectivity index (χ0v) is 13.0. The molecular weight excluding hydrogens is 250 g/mol. The highest BCUT2D eigenvalue weighted by molar-refractivity contribution is 5.22. The van der Waals surface area contributed by atoms with Crippen LogP contribution in [0.5, 0.6) is 0 Å². The maximum absolute atomic E-state index is 5.60. The van der Waals surface area contributed by atoms with Gasteiger partial charge in [-0.1, -0.05) is 44.5 Å². The van der Waals surface area contributed by atoms with Gasteiger partial charge in [-0.2, -0.15) is 0 Å². The van der Waals surface area contributed by atoms with Crippen molar-refractivity contribution in [3.05, 3.63) is 35.4 Å². The summed E-state index contributed by atoms with van der Waals surface area (Å²) in [5, 5.41) is 3.34. The van der Waals surface area contributed by atoms with Gasteiger partial charge in [0.05, 0.1) is 19.8 Å². The molecule has 3 nitrogen and oxygen atoms in total. The summed E-state index contributed by atoms with van der Waals surface area (Å²) in [6.45, 7) is 9.26. The zero-order chi connectivity index (χ0) is 14.5. The summed E-state index contributed by atoms with van der Waals surface area (Å²) < 4.78 is 11.1. The second-order valence-electron chi connectivity index (χ2n) is 4.94. The highest BCUT2D eigenvalue weighted by atomic mass is 16.5. The Balaban J connectivity index is 2.08. The van der Waals surface area contributed by atoms with E-state index in [1.165, 1.54) is 17.5 Å². The summed E-state index contributed by atoms with van der Waals surface area (Å²) in [6, 6.07) is 8.68. The van der Waals surface area contributed by atoms with Crippen molar-refractivity contribution in [3.63, 3.8) is 0 Å². The molecule has 0 fully saturated rings. The van der Waals surface area contributed by atoms with Crippen molar-refractivity contribution in [1.82, 2.24) is 5.32 Å². The Bertz CT molecular complexity index is 324. The number of ether oxygens (including phenoxy) is 2. The molecule has 1 aromatic rings. The fourth-order valence-electron chi connectivity index (χ4n) is 1.87. The molecule has 1 aromatic carbocycles. The van der Waals surface area contributed by atoms with Gasteiger partial charge < -0.3 is 14.8 Å². The topological polar surface area (TPSA) is 30.5 Å². The minimum absolute atomic E-state index is 0.671. The molecule has 0 radical (unpaired) electrons. The highest BCUT2D eigenvalue weighted by Crippen LogP contribution is 2.06. The van der Waals surface area contributed by atoms with Gasteiger partial charge in [-0.05, 0) is 37.1 Å². The predicted molar refractivity (Wildman–Crippen MR) is 84.1 cm³/mol. The molecule has 0 aromatic heterocycles. The molecule has 0 saturated carbocycles. The van der Waals surface area contributed by atoms with E-state index in [9.17, 15) is 0 Å². The largest absolute Gasteiger partial charge is 0.379 e. The summed E-state index contributed by atoms with van der Waals surface area (Å²) in [5.74, 6) is 0. The molecule has 0 unspecified atom stereocenters. The molecule has 0 spiro atoms. The van der Waals surface area contributed by atoms with E-state index in [4.69, 9.17) is 9.47 Å². The first-order valence-electron chi connectivity index (χ1n) is 7.80. The number of hydrogen-bond donors (Lipinski definition) is 1. The highest BCUT2D eigenvalue weighted by Gasteiger charge is 1.96. The van der Waals surface area contributed by atoms with E-state index in [2.05, 4.69) is 43.4 Å². The first kappa shape index (κ1) is 17.2. The Morgan fingerprint density at radius 2 is 1.60 bits per heavy atom. The van der Waals surface area contributed by atoms with Crippen LogP contribution in [0.15, 0.2) is 24.3 Å². The quantitative estimate of drug-likeness (QED) is 0.596. The van der Waals surface area contributed by atoms with E-state index in [1.54, 1.807) is 0 Å². The second kappa shape index (κ2) is 11.9. The van der Waals surface area contributed by atoms with Gasteiger partial charge in [-0.25, -0.2) is 0 Å². The van der Waals surface area contributed by atoms with Gasteiger partial charge in [0.15, 0.2) is 0 Å². The Hall–Kier alpha value is -0.900. The third-order valence-electron chi connectivity index (χ3n) is 3.15. The van der Waals surface area contributed by atoms with Gasteiger partial charge >= 0.3 is 0 Å². The van der Waals surface area contributed by atoms with Gasteiger partial charge in [0, 0.05) is 6.61 Å². The smallest absolute Gasteiger partial charge is 0.0718 e. The average Bonchev–Trinajstić information content (AvgIpc) is 2.48. The lowest BCUT2D eigenvalue weighted by atomic mass is 10.1. The molecule has 0 bridgehead atoms. The number of likely N-dealkylation sites (N-methyl/N-ethyl adjacent to an activating group) is 1. The lowest BCUT2D eigenvalue weighted by Gasteiger charge is -2.07. The SMILES string of the molecule is CCCCOCCOCc1ccc(CCNCC)cc1. The second-order valence-corrected chi connectivity index (χ2v) is 4.94. The van der Waals surface area contributed by atoms with Crippen LogP contribution in [0.4, 0.5) is 0 Å². The summed E-state index contributed by atoms with van der Waals surface area (Å²) in [4.78, 5) is 0. The van der Waals surface area contributed by atoms with Gasteiger partial charge in [-0.3, -0.25) is 0 Å².